The molecule has 0 saturated carbocycles. The predicted octanol–water partition coefficient (Wildman–Crippen LogP) is 1.18. The first-order valence-electron chi connectivity index (χ1n) is 5.36. The number of rotatable bonds is 7. The quantitative estimate of drug-likeness (QED) is 0.592. The molecule has 0 aliphatic carbocycles. The number of nitro groups is 1. The van der Waals surface area contributed by atoms with Crippen LogP contribution in [0.4, 0.5) is 11.5 Å². The van der Waals surface area contributed by atoms with E-state index in [1.54, 1.807) is 0 Å². The molecule has 0 spiro atoms. The summed E-state index contributed by atoms with van der Waals surface area (Å²) in [6.45, 7) is 2.18. The third kappa shape index (κ3) is 3.95. The average molecular weight is 273 g/mol. The standard InChI is InChI=1S/C10H15N3O4S/c1-3-18(16)7-6-11-10-8(13(14)15)4-5-9(12-10)17-2/h4-5H,3,6-7H2,1-2H3,(H,11,12). The second-order valence-electron chi connectivity index (χ2n) is 3.34. The maximum Gasteiger partial charge on any atom is 0.311 e. The Bertz CT molecular complexity index is 453. The molecular formula is C10H15N3O4S. The van der Waals surface area contributed by atoms with Crippen LogP contribution in [0.5, 0.6) is 5.88 Å². The number of pyridine rings is 1. The van der Waals surface area contributed by atoms with Crippen molar-refractivity contribution >= 4 is 22.3 Å². The lowest BCUT2D eigenvalue weighted by Gasteiger charge is -2.07. The van der Waals surface area contributed by atoms with Gasteiger partial charge < -0.3 is 10.1 Å². The van der Waals surface area contributed by atoms with Gasteiger partial charge >= 0.3 is 5.69 Å². The summed E-state index contributed by atoms with van der Waals surface area (Å²) in [6, 6.07) is 2.75. The second kappa shape index (κ2) is 6.90. The largest absolute Gasteiger partial charge is 0.481 e. The number of methoxy groups -OCH3 is 1. The van der Waals surface area contributed by atoms with E-state index >= 15 is 0 Å². The highest BCUT2D eigenvalue weighted by Crippen LogP contribution is 2.24. The average Bonchev–Trinajstić information content (AvgIpc) is 2.37. The molecule has 0 bridgehead atoms. The number of aromatic nitrogens is 1. The van der Waals surface area contributed by atoms with E-state index in [1.165, 1.54) is 19.2 Å². The Balaban J connectivity index is 2.78. The summed E-state index contributed by atoms with van der Waals surface area (Å²) in [5, 5.41) is 13.6. The molecule has 0 aliphatic heterocycles. The van der Waals surface area contributed by atoms with E-state index in [0.29, 0.717) is 23.9 Å². The van der Waals surface area contributed by atoms with E-state index < -0.39 is 15.7 Å². The second-order valence-corrected chi connectivity index (χ2v) is 5.20. The van der Waals surface area contributed by atoms with Gasteiger partial charge in [-0.2, -0.15) is 4.98 Å². The molecule has 0 aliphatic rings. The number of ether oxygens (including phenoxy) is 1. The van der Waals surface area contributed by atoms with E-state index in [4.69, 9.17) is 4.74 Å². The van der Waals surface area contributed by atoms with Gasteiger partial charge in [0.15, 0.2) is 0 Å². The highest BCUT2D eigenvalue weighted by Gasteiger charge is 2.16. The van der Waals surface area contributed by atoms with E-state index in [0.717, 1.165) is 0 Å². The van der Waals surface area contributed by atoms with Crippen molar-refractivity contribution in [3.8, 4) is 5.88 Å². The van der Waals surface area contributed by atoms with Gasteiger partial charge in [-0.05, 0) is 0 Å². The summed E-state index contributed by atoms with van der Waals surface area (Å²) in [5.41, 5.74) is -0.127. The zero-order valence-corrected chi connectivity index (χ0v) is 11.0. The fourth-order valence-corrected chi connectivity index (χ4v) is 1.87. The van der Waals surface area contributed by atoms with E-state index in [-0.39, 0.29) is 11.5 Å². The normalized spacial score (nSPS) is 11.9. The molecular weight excluding hydrogens is 258 g/mol. The van der Waals surface area contributed by atoms with E-state index in [9.17, 15) is 14.3 Å². The summed E-state index contributed by atoms with van der Waals surface area (Å²) in [5.74, 6) is 1.41. The maximum atomic E-state index is 11.2. The summed E-state index contributed by atoms with van der Waals surface area (Å²) >= 11 is 0. The van der Waals surface area contributed by atoms with Gasteiger partial charge in [-0.15, -0.1) is 0 Å². The Kier molecular flexibility index (Phi) is 5.50. The topological polar surface area (TPSA) is 94.4 Å². The van der Waals surface area contributed by atoms with Gasteiger partial charge in [-0.1, -0.05) is 6.92 Å². The highest BCUT2D eigenvalue weighted by atomic mass is 32.2. The number of nitrogens with one attached hydrogen (secondary N) is 1. The lowest BCUT2D eigenvalue weighted by atomic mass is 10.4. The van der Waals surface area contributed by atoms with Crippen molar-refractivity contribution in [3.63, 3.8) is 0 Å². The minimum atomic E-state index is -0.916. The van der Waals surface area contributed by atoms with Crippen LogP contribution in [0.25, 0.3) is 0 Å². The van der Waals surface area contributed by atoms with Crippen LogP contribution in [-0.2, 0) is 10.8 Å². The zero-order valence-electron chi connectivity index (χ0n) is 10.2. The fraction of sp³-hybridized carbons (Fsp3) is 0.500. The van der Waals surface area contributed by atoms with Crippen LogP contribution in [0.2, 0.25) is 0 Å². The van der Waals surface area contributed by atoms with Crippen molar-refractivity contribution < 1.29 is 13.9 Å². The smallest absolute Gasteiger partial charge is 0.311 e. The first-order valence-corrected chi connectivity index (χ1v) is 6.85. The highest BCUT2D eigenvalue weighted by molar-refractivity contribution is 7.84. The van der Waals surface area contributed by atoms with Gasteiger partial charge in [0, 0.05) is 41.0 Å². The summed E-state index contributed by atoms with van der Waals surface area (Å²) in [6.07, 6.45) is 0. The van der Waals surface area contributed by atoms with Gasteiger partial charge in [-0.25, -0.2) is 0 Å². The molecule has 8 heteroatoms. The molecule has 1 unspecified atom stereocenters. The Morgan fingerprint density at radius 1 is 1.56 bits per heavy atom. The molecule has 0 aromatic carbocycles. The summed E-state index contributed by atoms with van der Waals surface area (Å²) in [4.78, 5) is 14.2. The molecule has 1 aromatic heterocycles. The van der Waals surface area contributed by atoms with Crippen LogP contribution < -0.4 is 10.1 Å². The molecule has 1 aromatic rings. The Morgan fingerprint density at radius 3 is 2.83 bits per heavy atom. The van der Waals surface area contributed by atoms with Gasteiger partial charge in [0.25, 0.3) is 0 Å². The van der Waals surface area contributed by atoms with Gasteiger partial charge in [0.05, 0.1) is 12.0 Å². The van der Waals surface area contributed by atoms with Crippen LogP contribution >= 0.6 is 0 Å². The molecule has 0 saturated heterocycles. The zero-order chi connectivity index (χ0) is 13.5. The van der Waals surface area contributed by atoms with Crippen molar-refractivity contribution in [1.29, 1.82) is 0 Å². The SMILES string of the molecule is CCS(=O)CCNc1nc(OC)ccc1[N+](=O)[O-]. The molecule has 7 nitrogen and oxygen atoms in total. The molecule has 0 radical (unpaired) electrons. The molecule has 1 N–H and O–H groups in total. The van der Waals surface area contributed by atoms with Crippen molar-refractivity contribution in [3.05, 3.63) is 22.2 Å². The number of anilines is 1. The lowest BCUT2D eigenvalue weighted by molar-refractivity contribution is -0.384. The van der Waals surface area contributed by atoms with Crippen LogP contribution in [0.15, 0.2) is 12.1 Å². The van der Waals surface area contributed by atoms with Crippen molar-refractivity contribution in [2.75, 3.05) is 30.5 Å². The van der Waals surface area contributed by atoms with E-state index in [1.807, 2.05) is 6.92 Å². The van der Waals surface area contributed by atoms with Gasteiger partial charge in [0.1, 0.15) is 0 Å². The first kappa shape index (κ1) is 14.4. The lowest BCUT2D eigenvalue weighted by Crippen LogP contribution is -2.14. The number of hydrogen-bond acceptors (Lipinski definition) is 6. The molecule has 1 rings (SSSR count). The third-order valence-corrected chi connectivity index (χ3v) is 3.50. The minimum Gasteiger partial charge on any atom is -0.481 e. The minimum absolute atomic E-state index is 0.127. The Morgan fingerprint density at radius 2 is 2.28 bits per heavy atom. The van der Waals surface area contributed by atoms with Crippen molar-refractivity contribution in [2.24, 2.45) is 0 Å². The summed E-state index contributed by atoms with van der Waals surface area (Å²) < 4.78 is 16.1. The fourth-order valence-electron chi connectivity index (χ4n) is 1.25. The van der Waals surface area contributed by atoms with Crippen LogP contribution in [0, 0.1) is 10.1 Å². The molecule has 18 heavy (non-hydrogen) atoms. The molecule has 0 fully saturated rings. The third-order valence-electron chi connectivity index (χ3n) is 2.20. The van der Waals surface area contributed by atoms with E-state index in [2.05, 4.69) is 10.3 Å². The van der Waals surface area contributed by atoms with Crippen molar-refractivity contribution in [1.82, 2.24) is 4.98 Å². The van der Waals surface area contributed by atoms with Crippen LogP contribution in [-0.4, -0.2) is 39.3 Å². The first-order chi connectivity index (χ1) is 8.58. The molecule has 0 amide bonds. The predicted molar refractivity (Wildman–Crippen MR) is 69.5 cm³/mol. The van der Waals surface area contributed by atoms with Crippen LogP contribution in [0.1, 0.15) is 6.92 Å². The Labute approximate surface area is 107 Å². The van der Waals surface area contributed by atoms with Crippen LogP contribution in [0.3, 0.4) is 0 Å². The summed E-state index contributed by atoms with van der Waals surface area (Å²) in [7, 11) is 0.518. The Hall–Kier alpha value is -1.70. The van der Waals surface area contributed by atoms with Gasteiger partial charge in [-0.3, -0.25) is 14.3 Å². The monoisotopic (exact) mass is 273 g/mol. The number of nitrogens with zero attached hydrogens (tertiary/aromatic N) is 2. The molecule has 1 heterocycles. The molecule has 100 valence electrons. The van der Waals surface area contributed by atoms with Crippen molar-refractivity contribution in [2.45, 2.75) is 6.92 Å². The molecule has 1 atom stereocenters. The number of hydrogen-bond donors (Lipinski definition) is 1. The van der Waals surface area contributed by atoms with Gasteiger partial charge in [0.2, 0.25) is 11.7 Å². The maximum absolute atomic E-state index is 11.2.